The Hall–Kier alpha value is -0.790. The Morgan fingerprint density at radius 2 is 2.46 bits per heavy atom. The fourth-order valence-electron chi connectivity index (χ4n) is 2.50. The SMILES string of the molecule is CCOC(=O)C1=CCC2CCC1C2. The predicted molar refractivity (Wildman–Crippen MR) is 50.2 cm³/mol. The summed E-state index contributed by atoms with van der Waals surface area (Å²) in [6.45, 7) is 2.35. The molecule has 1 saturated carbocycles. The van der Waals surface area contributed by atoms with Crippen molar-refractivity contribution >= 4 is 5.97 Å². The van der Waals surface area contributed by atoms with Gasteiger partial charge < -0.3 is 4.74 Å². The topological polar surface area (TPSA) is 26.3 Å². The van der Waals surface area contributed by atoms with E-state index in [-0.39, 0.29) is 5.97 Å². The van der Waals surface area contributed by atoms with Crippen molar-refractivity contribution < 1.29 is 9.53 Å². The second-order valence-electron chi connectivity index (χ2n) is 3.99. The van der Waals surface area contributed by atoms with Gasteiger partial charge in [0.25, 0.3) is 0 Å². The van der Waals surface area contributed by atoms with Crippen LogP contribution in [0.2, 0.25) is 0 Å². The van der Waals surface area contributed by atoms with Crippen molar-refractivity contribution in [2.45, 2.75) is 32.6 Å². The largest absolute Gasteiger partial charge is 0.463 e. The molecule has 2 heteroatoms. The van der Waals surface area contributed by atoms with Crippen molar-refractivity contribution in [3.63, 3.8) is 0 Å². The molecule has 0 aromatic carbocycles. The van der Waals surface area contributed by atoms with Gasteiger partial charge >= 0.3 is 5.97 Å². The average molecular weight is 180 g/mol. The monoisotopic (exact) mass is 180 g/mol. The zero-order valence-corrected chi connectivity index (χ0v) is 8.08. The van der Waals surface area contributed by atoms with Gasteiger partial charge in [-0.3, -0.25) is 0 Å². The maximum absolute atomic E-state index is 11.5. The van der Waals surface area contributed by atoms with Crippen LogP contribution in [-0.2, 0) is 9.53 Å². The minimum atomic E-state index is -0.0761. The summed E-state index contributed by atoms with van der Waals surface area (Å²) in [6, 6.07) is 0. The molecule has 2 atom stereocenters. The molecular weight excluding hydrogens is 164 g/mol. The summed E-state index contributed by atoms with van der Waals surface area (Å²) in [5, 5.41) is 0. The van der Waals surface area contributed by atoms with Gasteiger partial charge in [0.05, 0.1) is 6.61 Å². The first kappa shape index (κ1) is 8.79. The number of allylic oxidation sites excluding steroid dienone is 1. The van der Waals surface area contributed by atoms with Crippen molar-refractivity contribution in [3.8, 4) is 0 Å². The van der Waals surface area contributed by atoms with Gasteiger partial charge in [-0.15, -0.1) is 0 Å². The Bertz CT molecular complexity index is 242. The molecule has 13 heavy (non-hydrogen) atoms. The predicted octanol–water partition coefficient (Wildman–Crippen LogP) is 2.30. The van der Waals surface area contributed by atoms with Crippen LogP contribution in [0.4, 0.5) is 0 Å². The number of esters is 1. The molecule has 2 bridgehead atoms. The molecule has 0 N–H and O–H groups in total. The molecule has 2 rings (SSSR count). The van der Waals surface area contributed by atoms with E-state index in [2.05, 4.69) is 6.08 Å². The van der Waals surface area contributed by atoms with E-state index in [1.54, 1.807) is 0 Å². The molecule has 0 amide bonds. The van der Waals surface area contributed by atoms with E-state index in [4.69, 9.17) is 4.74 Å². The number of fused-ring (bicyclic) bond motifs is 2. The maximum atomic E-state index is 11.5. The van der Waals surface area contributed by atoms with Gasteiger partial charge in [0.15, 0.2) is 0 Å². The molecule has 2 aliphatic carbocycles. The second kappa shape index (κ2) is 3.52. The molecule has 0 aromatic rings. The Morgan fingerprint density at radius 3 is 3.23 bits per heavy atom. The van der Waals surface area contributed by atoms with Crippen LogP contribution in [0.1, 0.15) is 32.6 Å². The third kappa shape index (κ3) is 1.62. The van der Waals surface area contributed by atoms with Crippen molar-refractivity contribution in [1.82, 2.24) is 0 Å². The highest BCUT2D eigenvalue weighted by Gasteiger charge is 2.33. The molecule has 0 aromatic heterocycles. The van der Waals surface area contributed by atoms with E-state index >= 15 is 0 Å². The van der Waals surface area contributed by atoms with E-state index in [0.29, 0.717) is 12.5 Å². The fourth-order valence-corrected chi connectivity index (χ4v) is 2.50. The van der Waals surface area contributed by atoms with Gasteiger partial charge in [-0.05, 0) is 44.4 Å². The molecular formula is C11H16O2. The lowest BCUT2D eigenvalue weighted by molar-refractivity contribution is -0.139. The van der Waals surface area contributed by atoms with Crippen LogP contribution in [0.5, 0.6) is 0 Å². The lowest BCUT2D eigenvalue weighted by Gasteiger charge is -2.18. The van der Waals surface area contributed by atoms with Gasteiger partial charge in [-0.2, -0.15) is 0 Å². The summed E-state index contributed by atoms with van der Waals surface area (Å²) < 4.78 is 5.02. The average Bonchev–Trinajstić information content (AvgIpc) is 2.48. The number of ether oxygens (including phenoxy) is 1. The Balaban J connectivity index is 2.06. The zero-order chi connectivity index (χ0) is 9.26. The molecule has 0 heterocycles. The van der Waals surface area contributed by atoms with Crippen molar-refractivity contribution in [2.75, 3.05) is 6.61 Å². The van der Waals surface area contributed by atoms with Crippen LogP contribution in [0, 0.1) is 11.8 Å². The normalized spacial score (nSPS) is 31.3. The first-order valence-corrected chi connectivity index (χ1v) is 5.18. The Kier molecular flexibility index (Phi) is 2.38. The molecule has 0 radical (unpaired) electrons. The number of hydrogen-bond donors (Lipinski definition) is 0. The number of carbonyl (C=O) groups excluding carboxylic acids is 1. The van der Waals surface area contributed by atoms with Gasteiger partial charge in [0, 0.05) is 5.57 Å². The van der Waals surface area contributed by atoms with Gasteiger partial charge in [-0.25, -0.2) is 4.79 Å². The van der Waals surface area contributed by atoms with Crippen LogP contribution in [-0.4, -0.2) is 12.6 Å². The van der Waals surface area contributed by atoms with Gasteiger partial charge in [0.1, 0.15) is 0 Å². The minimum Gasteiger partial charge on any atom is -0.463 e. The summed E-state index contributed by atoms with van der Waals surface area (Å²) in [4.78, 5) is 11.5. The number of rotatable bonds is 2. The summed E-state index contributed by atoms with van der Waals surface area (Å²) in [5.41, 5.74) is 0.954. The third-order valence-electron chi connectivity index (χ3n) is 3.16. The fraction of sp³-hybridized carbons (Fsp3) is 0.727. The van der Waals surface area contributed by atoms with E-state index in [0.717, 1.165) is 17.9 Å². The van der Waals surface area contributed by atoms with Crippen molar-refractivity contribution in [2.24, 2.45) is 11.8 Å². The summed E-state index contributed by atoms with van der Waals surface area (Å²) >= 11 is 0. The first-order valence-electron chi connectivity index (χ1n) is 5.18. The van der Waals surface area contributed by atoms with E-state index in [1.165, 1.54) is 19.3 Å². The summed E-state index contributed by atoms with van der Waals surface area (Å²) in [7, 11) is 0. The lowest BCUT2D eigenvalue weighted by Crippen LogP contribution is -2.17. The number of hydrogen-bond acceptors (Lipinski definition) is 2. The van der Waals surface area contributed by atoms with Gasteiger partial charge in [-0.1, -0.05) is 6.08 Å². The lowest BCUT2D eigenvalue weighted by atomic mass is 9.88. The molecule has 2 aliphatic rings. The van der Waals surface area contributed by atoms with Crippen LogP contribution in [0.25, 0.3) is 0 Å². The highest BCUT2D eigenvalue weighted by atomic mass is 16.5. The van der Waals surface area contributed by atoms with Crippen LogP contribution < -0.4 is 0 Å². The van der Waals surface area contributed by atoms with E-state index < -0.39 is 0 Å². The second-order valence-corrected chi connectivity index (χ2v) is 3.99. The van der Waals surface area contributed by atoms with Crippen molar-refractivity contribution in [3.05, 3.63) is 11.6 Å². The molecule has 0 aliphatic heterocycles. The smallest absolute Gasteiger partial charge is 0.333 e. The molecule has 2 nitrogen and oxygen atoms in total. The van der Waals surface area contributed by atoms with Gasteiger partial charge in [0.2, 0.25) is 0 Å². The van der Waals surface area contributed by atoms with Crippen LogP contribution >= 0.6 is 0 Å². The quantitative estimate of drug-likeness (QED) is 0.609. The molecule has 2 unspecified atom stereocenters. The van der Waals surface area contributed by atoms with E-state index in [9.17, 15) is 4.79 Å². The van der Waals surface area contributed by atoms with Crippen LogP contribution in [0.15, 0.2) is 11.6 Å². The van der Waals surface area contributed by atoms with Crippen molar-refractivity contribution in [1.29, 1.82) is 0 Å². The zero-order valence-electron chi connectivity index (χ0n) is 8.08. The van der Waals surface area contributed by atoms with Crippen LogP contribution in [0.3, 0.4) is 0 Å². The molecule has 0 spiro atoms. The summed E-state index contributed by atoms with van der Waals surface area (Å²) in [5.74, 6) is 1.29. The Labute approximate surface area is 79.0 Å². The third-order valence-corrected chi connectivity index (χ3v) is 3.16. The maximum Gasteiger partial charge on any atom is 0.333 e. The molecule has 1 fully saturated rings. The number of carbonyl (C=O) groups is 1. The summed E-state index contributed by atoms with van der Waals surface area (Å²) in [6.07, 6.45) is 6.89. The highest BCUT2D eigenvalue weighted by Crippen LogP contribution is 2.42. The first-order chi connectivity index (χ1) is 6.31. The van der Waals surface area contributed by atoms with E-state index in [1.807, 2.05) is 6.92 Å². The molecule has 72 valence electrons. The molecule has 0 saturated heterocycles. The standard InChI is InChI=1S/C11H16O2/c1-2-13-11(12)10-6-4-8-3-5-9(10)7-8/h6,8-9H,2-5,7H2,1H3. The Morgan fingerprint density at radius 1 is 1.62 bits per heavy atom. The highest BCUT2D eigenvalue weighted by molar-refractivity contribution is 5.89. The minimum absolute atomic E-state index is 0.0761.